The Morgan fingerprint density at radius 1 is 0.950 bits per heavy atom. The van der Waals surface area contributed by atoms with Crippen molar-refractivity contribution in [3.8, 4) is 6.07 Å². The Balaban J connectivity index is 1.95. The lowest BCUT2D eigenvalue weighted by Crippen LogP contribution is -2.14. The van der Waals surface area contributed by atoms with E-state index in [-0.39, 0.29) is 12.4 Å². The Labute approximate surface area is 116 Å². The van der Waals surface area contributed by atoms with Crippen LogP contribution in [0.2, 0.25) is 0 Å². The van der Waals surface area contributed by atoms with Crippen molar-refractivity contribution < 1.29 is 14.3 Å². The highest BCUT2D eigenvalue weighted by molar-refractivity contribution is 5.99. The van der Waals surface area contributed by atoms with Crippen molar-refractivity contribution in [1.82, 2.24) is 0 Å². The van der Waals surface area contributed by atoms with E-state index in [1.54, 1.807) is 30.3 Å². The maximum Gasteiger partial charge on any atom is 0.338 e. The molecule has 2 aromatic carbocycles. The summed E-state index contributed by atoms with van der Waals surface area (Å²) >= 11 is 0. The molecule has 0 amide bonds. The predicted molar refractivity (Wildman–Crippen MR) is 72.2 cm³/mol. The number of ether oxygens (including phenoxy) is 1. The smallest absolute Gasteiger partial charge is 0.338 e. The summed E-state index contributed by atoms with van der Waals surface area (Å²) in [7, 11) is 0. The highest BCUT2D eigenvalue weighted by Crippen LogP contribution is 2.06. The van der Waals surface area contributed by atoms with E-state index in [2.05, 4.69) is 0 Å². The molecule has 0 heterocycles. The molecule has 0 aliphatic carbocycles. The SMILES string of the molecule is N#Cc1ccc(C(=O)OCC(=O)c2ccccc2)cc1. The van der Waals surface area contributed by atoms with E-state index in [0.29, 0.717) is 16.7 Å². The number of hydrogen-bond acceptors (Lipinski definition) is 4. The summed E-state index contributed by atoms with van der Waals surface area (Å²) in [5, 5.41) is 8.66. The molecule has 0 fully saturated rings. The number of carbonyl (C=O) groups is 2. The second-order valence-electron chi connectivity index (χ2n) is 4.05. The second-order valence-corrected chi connectivity index (χ2v) is 4.05. The Hall–Kier alpha value is -2.93. The fraction of sp³-hybridized carbons (Fsp3) is 0.0625. The van der Waals surface area contributed by atoms with Crippen LogP contribution >= 0.6 is 0 Å². The molecule has 20 heavy (non-hydrogen) atoms. The van der Waals surface area contributed by atoms with Crippen molar-refractivity contribution in [1.29, 1.82) is 5.26 Å². The number of rotatable bonds is 4. The molecule has 0 aromatic heterocycles. The standard InChI is InChI=1S/C16H11NO3/c17-10-12-6-8-14(9-7-12)16(19)20-11-15(18)13-4-2-1-3-5-13/h1-9H,11H2. The zero-order chi connectivity index (χ0) is 14.4. The molecule has 98 valence electrons. The average molecular weight is 265 g/mol. The molecule has 0 atom stereocenters. The molecule has 0 spiro atoms. The molecule has 0 saturated carbocycles. The first-order chi connectivity index (χ1) is 9.70. The van der Waals surface area contributed by atoms with Crippen LogP contribution in [-0.4, -0.2) is 18.4 Å². The van der Waals surface area contributed by atoms with Gasteiger partial charge in [-0.05, 0) is 24.3 Å². The first-order valence-electron chi connectivity index (χ1n) is 5.96. The Morgan fingerprint density at radius 3 is 2.20 bits per heavy atom. The minimum Gasteiger partial charge on any atom is -0.454 e. The van der Waals surface area contributed by atoms with Crippen LogP contribution in [0.25, 0.3) is 0 Å². The number of nitriles is 1. The quantitative estimate of drug-likeness (QED) is 0.629. The van der Waals surface area contributed by atoms with Gasteiger partial charge < -0.3 is 4.74 Å². The number of hydrogen-bond donors (Lipinski definition) is 0. The summed E-state index contributed by atoms with van der Waals surface area (Å²) < 4.78 is 4.95. The molecule has 2 aromatic rings. The number of benzene rings is 2. The van der Waals surface area contributed by atoms with E-state index in [1.807, 2.05) is 6.07 Å². The van der Waals surface area contributed by atoms with Crippen LogP contribution in [0.3, 0.4) is 0 Å². The lowest BCUT2D eigenvalue weighted by Gasteiger charge is -2.04. The highest BCUT2D eigenvalue weighted by Gasteiger charge is 2.11. The molecule has 0 radical (unpaired) electrons. The zero-order valence-electron chi connectivity index (χ0n) is 10.6. The Morgan fingerprint density at radius 2 is 1.60 bits per heavy atom. The molecular formula is C16H11NO3. The molecule has 0 bridgehead atoms. The minimum atomic E-state index is -0.584. The van der Waals surface area contributed by atoms with Gasteiger partial charge in [-0.15, -0.1) is 0 Å². The van der Waals surface area contributed by atoms with Crippen molar-refractivity contribution in [2.75, 3.05) is 6.61 Å². The summed E-state index contributed by atoms with van der Waals surface area (Å²) in [6.07, 6.45) is 0. The van der Waals surface area contributed by atoms with Gasteiger partial charge in [-0.25, -0.2) is 4.79 Å². The van der Waals surface area contributed by atoms with Gasteiger partial charge in [0.25, 0.3) is 0 Å². The lowest BCUT2D eigenvalue weighted by atomic mass is 10.1. The van der Waals surface area contributed by atoms with Crippen LogP contribution in [0.4, 0.5) is 0 Å². The molecule has 0 aliphatic heterocycles. The Bertz CT molecular complexity index is 654. The van der Waals surface area contributed by atoms with E-state index < -0.39 is 5.97 Å². The first kappa shape index (κ1) is 13.5. The van der Waals surface area contributed by atoms with Gasteiger partial charge in [-0.2, -0.15) is 5.26 Å². The lowest BCUT2D eigenvalue weighted by molar-refractivity contribution is 0.0475. The molecule has 2 rings (SSSR count). The molecule has 0 aliphatic rings. The third kappa shape index (κ3) is 3.30. The van der Waals surface area contributed by atoms with Gasteiger partial charge in [-0.3, -0.25) is 4.79 Å². The Kier molecular flexibility index (Phi) is 4.25. The van der Waals surface area contributed by atoms with E-state index in [4.69, 9.17) is 10.00 Å². The minimum absolute atomic E-state index is 0.257. The summed E-state index contributed by atoms with van der Waals surface area (Å²) in [6, 6.07) is 16.6. The van der Waals surface area contributed by atoms with Gasteiger partial charge >= 0.3 is 5.97 Å². The third-order valence-corrected chi connectivity index (χ3v) is 2.68. The van der Waals surface area contributed by atoms with Gasteiger partial charge in [0, 0.05) is 5.56 Å². The van der Waals surface area contributed by atoms with Crippen LogP contribution in [0.15, 0.2) is 54.6 Å². The summed E-state index contributed by atoms with van der Waals surface area (Å²) in [5.41, 5.74) is 1.27. The van der Waals surface area contributed by atoms with Crippen molar-refractivity contribution >= 4 is 11.8 Å². The number of esters is 1. The topological polar surface area (TPSA) is 67.2 Å². The highest BCUT2D eigenvalue weighted by atomic mass is 16.5. The van der Waals surface area contributed by atoms with Crippen LogP contribution in [0, 0.1) is 11.3 Å². The molecule has 0 N–H and O–H groups in total. The van der Waals surface area contributed by atoms with Crippen molar-refractivity contribution in [3.63, 3.8) is 0 Å². The second kappa shape index (κ2) is 6.30. The summed E-state index contributed by atoms with van der Waals surface area (Å²) in [6.45, 7) is -0.303. The van der Waals surface area contributed by atoms with Gasteiger partial charge in [0.05, 0.1) is 17.2 Å². The van der Waals surface area contributed by atoms with Crippen LogP contribution in [0.1, 0.15) is 26.3 Å². The van der Waals surface area contributed by atoms with E-state index >= 15 is 0 Å². The van der Waals surface area contributed by atoms with Crippen molar-refractivity contribution in [2.24, 2.45) is 0 Å². The summed E-state index contributed by atoms with van der Waals surface area (Å²) in [5.74, 6) is -0.841. The van der Waals surface area contributed by atoms with Gasteiger partial charge in [0.2, 0.25) is 0 Å². The number of carbonyl (C=O) groups excluding carboxylic acids is 2. The number of ketones is 1. The average Bonchev–Trinajstić information content (AvgIpc) is 2.53. The molecule has 0 saturated heterocycles. The molecule has 0 unspecified atom stereocenters. The van der Waals surface area contributed by atoms with Crippen LogP contribution < -0.4 is 0 Å². The van der Waals surface area contributed by atoms with Gasteiger partial charge in [0.15, 0.2) is 12.4 Å². The van der Waals surface area contributed by atoms with E-state index in [0.717, 1.165) is 0 Å². The van der Waals surface area contributed by atoms with E-state index in [9.17, 15) is 9.59 Å². The maximum atomic E-state index is 11.8. The molecule has 4 heteroatoms. The number of nitrogens with zero attached hydrogens (tertiary/aromatic N) is 1. The number of Topliss-reactive ketones (excluding diaryl/α,β-unsaturated/α-hetero) is 1. The third-order valence-electron chi connectivity index (χ3n) is 2.68. The van der Waals surface area contributed by atoms with Gasteiger partial charge in [0.1, 0.15) is 0 Å². The monoisotopic (exact) mass is 265 g/mol. The molecule has 4 nitrogen and oxygen atoms in total. The largest absolute Gasteiger partial charge is 0.454 e. The fourth-order valence-electron chi connectivity index (χ4n) is 1.60. The normalized spacial score (nSPS) is 9.55. The summed E-state index contributed by atoms with van der Waals surface area (Å²) in [4.78, 5) is 23.5. The van der Waals surface area contributed by atoms with Gasteiger partial charge in [-0.1, -0.05) is 30.3 Å². The van der Waals surface area contributed by atoms with Crippen LogP contribution in [0.5, 0.6) is 0 Å². The first-order valence-corrected chi connectivity index (χ1v) is 5.96. The van der Waals surface area contributed by atoms with Crippen molar-refractivity contribution in [2.45, 2.75) is 0 Å². The fourth-order valence-corrected chi connectivity index (χ4v) is 1.60. The van der Waals surface area contributed by atoms with E-state index in [1.165, 1.54) is 24.3 Å². The molecular weight excluding hydrogens is 254 g/mol. The predicted octanol–water partition coefficient (Wildman–Crippen LogP) is 2.60. The van der Waals surface area contributed by atoms with Crippen LogP contribution in [-0.2, 0) is 4.74 Å². The zero-order valence-corrected chi connectivity index (χ0v) is 10.6. The van der Waals surface area contributed by atoms with Crippen molar-refractivity contribution in [3.05, 3.63) is 71.3 Å². The maximum absolute atomic E-state index is 11.8.